The second-order valence-corrected chi connectivity index (χ2v) is 6.78. The number of aryl methyl sites for hydroxylation is 2. The molecule has 1 atom stereocenters. The Balaban J connectivity index is 2.13. The SMILES string of the molecule is Cc1n[nH]c(C)c1[C@H](N)C(=O)N(C/C=C/c1ccccc1)CC(C)C. The fourth-order valence-corrected chi connectivity index (χ4v) is 2.91. The van der Waals surface area contributed by atoms with Crippen LogP contribution >= 0.6 is 0 Å². The van der Waals surface area contributed by atoms with Crippen molar-refractivity contribution in [3.05, 3.63) is 58.9 Å². The number of benzene rings is 1. The highest BCUT2D eigenvalue weighted by Gasteiger charge is 2.26. The van der Waals surface area contributed by atoms with Gasteiger partial charge in [0.15, 0.2) is 0 Å². The molecule has 0 radical (unpaired) electrons. The third kappa shape index (κ3) is 5.03. The molecule has 1 aromatic carbocycles. The lowest BCUT2D eigenvalue weighted by Gasteiger charge is -2.26. The van der Waals surface area contributed by atoms with Gasteiger partial charge in [-0.05, 0) is 25.3 Å². The molecule has 1 amide bonds. The highest BCUT2D eigenvalue weighted by molar-refractivity contribution is 5.84. The van der Waals surface area contributed by atoms with Gasteiger partial charge in [0, 0.05) is 24.3 Å². The van der Waals surface area contributed by atoms with Crippen LogP contribution in [0.5, 0.6) is 0 Å². The summed E-state index contributed by atoms with van der Waals surface area (Å²) < 4.78 is 0. The molecular weight excluding hydrogens is 312 g/mol. The summed E-state index contributed by atoms with van der Waals surface area (Å²) in [4.78, 5) is 14.8. The second kappa shape index (κ2) is 8.62. The normalized spacial score (nSPS) is 12.7. The van der Waals surface area contributed by atoms with Crippen LogP contribution in [0.25, 0.3) is 6.08 Å². The zero-order chi connectivity index (χ0) is 18.4. The minimum atomic E-state index is -0.692. The molecule has 0 aliphatic heterocycles. The maximum absolute atomic E-state index is 12.9. The first-order chi connectivity index (χ1) is 11.9. The van der Waals surface area contributed by atoms with Gasteiger partial charge in [0.2, 0.25) is 5.91 Å². The number of amides is 1. The van der Waals surface area contributed by atoms with Crippen molar-refractivity contribution in [1.29, 1.82) is 0 Å². The summed E-state index contributed by atoms with van der Waals surface area (Å²) in [5.74, 6) is 0.298. The van der Waals surface area contributed by atoms with Crippen LogP contribution in [0.1, 0.15) is 42.4 Å². The summed E-state index contributed by atoms with van der Waals surface area (Å²) in [5.41, 5.74) is 9.81. The van der Waals surface area contributed by atoms with Crippen molar-refractivity contribution < 1.29 is 4.79 Å². The van der Waals surface area contributed by atoms with Gasteiger partial charge < -0.3 is 10.6 Å². The predicted molar refractivity (Wildman–Crippen MR) is 102 cm³/mol. The lowest BCUT2D eigenvalue weighted by atomic mass is 10.0. The number of nitrogens with one attached hydrogen (secondary N) is 1. The third-order valence-corrected chi connectivity index (χ3v) is 4.10. The van der Waals surface area contributed by atoms with E-state index < -0.39 is 6.04 Å². The Morgan fingerprint density at radius 3 is 2.52 bits per heavy atom. The Bertz CT molecular complexity index is 699. The Hall–Kier alpha value is -2.40. The van der Waals surface area contributed by atoms with E-state index in [2.05, 4.69) is 24.0 Å². The Morgan fingerprint density at radius 1 is 1.28 bits per heavy atom. The molecule has 2 rings (SSSR count). The number of nitrogens with two attached hydrogens (primary N) is 1. The van der Waals surface area contributed by atoms with Crippen molar-refractivity contribution in [1.82, 2.24) is 15.1 Å². The van der Waals surface area contributed by atoms with Gasteiger partial charge in [-0.2, -0.15) is 5.10 Å². The Kier molecular flexibility index (Phi) is 6.53. The van der Waals surface area contributed by atoms with Gasteiger partial charge in [0.25, 0.3) is 0 Å². The van der Waals surface area contributed by atoms with Crippen LogP contribution in [0.4, 0.5) is 0 Å². The number of aromatic amines is 1. The summed E-state index contributed by atoms with van der Waals surface area (Å²) in [7, 11) is 0. The molecule has 0 fully saturated rings. The third-order valence-electron chi connectivity index (χ3n) is 4.10. The lowest BCUT2D eigenvalue weighted by molar-refractivity contribution is -0.132. The largest absolute Gasteiger partial charge is 0.337 e. The number of aromatic nitrogens is 2. The lowest BCUT2D eigenvalue weighted by Crippen LogP contribution is -2.41. The molecule has 0 unspecified atom stereocenters. The maximum atomic E-state index is 12.9. The molecule has 0 saturated heterocycles. The fraction of sp³-hybridized carbons (Fsp3) is 0.400. The Morgan fingerprint density at radius 2 is 1.96 bits per heavy atom. The van der Waals surface area contributed by atoms with E-state index in [0.717, 1.165) is 22.5 Å². The minimum Gasteiger partial charge on any atom is -0.337 e. The van der Waals surface area contributed by atoms with Crippen molar-refractivity contribution in [3.8, 4) is 0 Å². The van der Waals surface area contributed by atoms with Crippen LogP contribution in [-0.2, 0) is 4.79 Å². The smallest absolute Gasteiger partial charge is 0.244 e. The highest BCUT2D eigenvalue weighted by atomic mass is 16.2. The van der Waals surface area contributed by atoms with E-state index in [4.69, 9.17) is 5.73 Å². The van der Waals surface area contributed by atoms with Gasteiger partial charge in [0.05, 0.1) is 5.69 Å². The standard InChI is InChI=1S/C20H28N4O/c1-14(2)13-24(12-8-11-17-9-6-5-7-10-17)20(25)19(21)18-15(3)22-23-16(18)4/h5-11,14,19H,12-13,21H2,1-4H3,(H,22,23)/b11-8+/t19-/m0/s1. The highest BCUT2D eigenvalue weighted by Crippen LogP contribution is 2.20. The van der Waals surface area contributed by atoms with E-state index in [-0.39, 0.29) is 5.91 Å². The number of carbonyl (C=O) groups excluding carboxylic acids is 1. The summed E-state index contributed by atoms with van der Waals surface area (Å²) in [6, 6.07) is 9.36. The maximum Gasteiger partial charge on any atom is 0.244 e. The van der Waals surface area contributed by atoms with Gasteiger partial charge in [-0.25, -0.2) is 0 Å². The molecular formula is C20H28N4O. The van der Waals surface area contributed by atoms with E-state index in [1.165, 1.54) is 0 Å². The van der Waals surface area contributed by atoms with Crippen LogP contribution in [0.2, 0.25) is 0 Å². The van der Waals surface area contributed by atoms with Gasteiger partial charge in [-0.15, -0.1) is 0 Å². The number of hydrogen-bond acceptors (Lipinski definition) is 3. The van der Waals surface area contributed by atoms with Crippen molar-refractivity contribution in [2.75, 3.05) is 13.1 Å². The fourth-order valence-electron chi connectivity index (χ4n) is 2.91. The first-order valence-electron chi connectivity index (χ1n) is 8.67. The molecule has 1 heterocycles. The molecule has 3 N–H and O–H groups in total. The summed E-state index contributed by atoms with van der Waals surface area (Å²) >= 11 is 0. The van der Waals surface area contributed by atoms with E-state index in [9.17, 15) is 4.79 Å². The monoisotopic (exact) mass is 340 g/mol. The minimum absolute atomic E-state index is 0.0704. The van der Waals surface area contributed by atoms with Gasteiger partial charge in [0.1, 0.15) is 6.04 Å². The van der Waals surface area contributed by atoms with E-state index in [1.807, 2.05) is 61.2 Å². The quantitative estimate of drug-likeness (QED) is 0.812. The topological polar surface area (TPSA) is 75.0 Å². The molecule has 5 nitrogen and oxygen atoms in total. The van der Waals surface area contributed by atoms with Crippen LogP contribution in [0.15, 0.2) is 36.4 Å². The van der Waals surface area contributed by atoms with Crippen molar-refractivity contribution >= 4 is 12.0 Å². The molecule has 1 aromatic heterocycles. The number of carbonyl (C=O) groups is 1. The van der Waals surface area contributed by atoms with Crippen molar-refractivity contribution in [2.24, 2.45) is 11.7 Å². The van der Waals surface area contributed by atoms with Crippen molar-refractivity contribution in [2.45, 2.75) is 33.7 Å². The van der Waals surface area contributed by atoms with Crippen LogP contribution in [0, 0.1) is 19.8 Å². The number of nitrogens with zero attached hydrogens (tertiary/aromatic N) is 2. The molecule has 0 aliphatic rings. The van der Waals surface area contributed by atoms with Crippen molar-refractivity contribution in [3.63, 3.8) is 0 Å². The molecule has 25 heavy (non-hydrogen) atoms. The van der Waals surface area contributed by atoms with Crippen LogP contribution in [-0.4, -0.2) is 34.1 Å². The van der Waals surface area contributed by atoms with Crippen LogP contribution in [0.3, 0.4) is 0 Å². The average molecular weight is 340 g/mol. The zero-order valence-corrected chi connectivity index (χ0v) is 15.5. The van der Waals surface area contributed by atoms with Gasteiger partial charge in [-0.1, -0.05) is 56.3 Å². The molecule has 2 aromatic rings. The average Bonchev–Trinajstić information content (AvgIpc) is 2.92. The molecule has 134 valence electrons. The second-order valence-electron chi connectivity index (χ2n) is 6.78. The first kappa shape index (κ1) is 18.9. The molecule has 5 heteroatoms. The molecule has 0 aliphatic carbocycles. The number of H-pyrrole nitrogens is 1. The summed E-state index contributed by atoms with van der Waals surface area (Å²) in [6.07, 6.45) is 4.04. The van der Waals surface area contributed by atoms with E-state index >= 15 is 0 Å². The van der Waals surface area contributed by atoms with E-state index in [0.29, 0.717) is 19.0 Å². The first-order valence-corrected chi connectivity index (χ1v) is 8.67. The predicted octanol–water partition coefficient (Wildman–Crippen LogP) is 3.22. The molecule has 0 spiro atoms. The molecule has 0 bridgehead atoms. The zero-order valence-electron chi connectivity index (χ0n) is 15.5. The van der Waals surface area contributed by atoms with Gasteiger partial charge >= 0.3 is 0 Å². The van der Waals surface area contributed by atoms with E-state index in [1.54, 1.807) is 0 Å². The Labute approximate surface area is 149 Å². The van der Waals surface area contributed by atoms with Crippen LogP contribution < -0.4 is 5.73 Å². The number of rotatable bonds is 7. The van der Waals surface area contributed by atoms with Gasteiger partial charge in [-0.3, -0.25) is 9.89 Å². The summed E-state index contributed by atoms with van der Waals surface area (Å²) in [6.45, 7) is 9.16. The summed E-state index contributed by atoms with van der Waals surface area (Å²) in [5, 5.41) is 7.05. The molecule has 0 saturated carbocycles. The number of hydrogen-bond donors (Lipinski definition) is 2.